The van der Waals surface area contributed by atoms with E-state index in [0.717, 1.165) is 22.2 Å². The molecule has 0 aliphatic carbocycles. The highest BCUT2D eigenvalue weighted by atomic mass is 35.5. The van der Waals surface area contributed by atoms with Gasteiger partial charge in [0.25, 0.3) is 5.91 Å². The van der Waals surface area contributed by atoms with Gasteiger partial charge in [-0.1, -0.05) is 48.0 Å². The van der Waals surface area contributed by atoms with Crippen molar-refractivity contribution in [3.8, 4) is 0 Å². The molecule has 0 aliphatic heterocycles. The fraction of sp³-hybridized carbons (Fsp3) is 0.107. The van der Waals surface area contributed by atoms with Crippen molar-refractivity contribution < 1.29 is 14.3 Å². The van der Waals surface area contributed by atoms with E-state index < -0.39 is 12.0 Å². The van der Waals surface area contributed by atoms with Gasteiger partial charge in [-0.15, -0.1) is 11.3 Å². The number of benzene rings is 3. The van der Waals surface area contributed by atoms with Crippen LogP contribution in [0.1, 0.15) is 21.6 Å². The third-order valence-electron chi connectivity index (χ3n) is 5.73. The number of nitrogens with one attached hydrogen (secondary N) is 3. The van der Waals surface area contributed by atoms with E-state index >= 15 is 0 Å². The normalized spacial score (nSPS) is 11.7. The van der Waals surface area contributed by atoms with Gasteiger partial charge in [0.2, 0.25) is 0 Å². The molecule has 0 saturated carbocycles. The first kappa shape index (κ1) is 24.5. The van der Waals surface area contributed by atoms with Crippen LogP contribution in [0.25, 0.3) is 10.9 Å². The van der Waals surface area contributed by atoms with Gasteiger partial charge in [0, 0.05) is 45.2 Å². The van der Waals surface area contributed by atoms with Crippen LogP contribution in [0.3, 0.4) is 0 Å². The average molecular weight is 531 g/mol. The summed E-state index contributed by atoms with van der Waals surface area (Å²) in [7, 11) is 0. The van der Waals surface area contributed by atoms with Gasteiger partial charge in [0.1, 0.15) is 12.6 Å². The molecule has 5 aromatic rings. The molecule has 1 amide bonds. The van der Waals surface area contributed by atoms with Crippen LogP contribution in [-0.2, 0) is 22.6 Å². The average Bonchev–Trinajstić information content (AvgIpc) is 3.54. The SMILES string of the molecule is O=C(NC(Cc1c[nH]c2ccccc12)C(=O)OCc1csc(Nc2ccccc2)n1)c1ccc(Cl)cc1. The quantitative estimate of drug-likeness (QED) is 0.200. The molecule has 2 aromatic heterocycles. The molecule has 1 unspecified atom stereocenters. The summed E-state index contributed by atoms with van der Waals surface area (Å²) in [6.07, 6.45) is 2.11. The number of nitrogens with zero attached hydrogens (tertiary/aromatic N) is 1. The van der Waals surface area contributed by atoms with Crippen molar-refractivity contribution in [3.63, 3.8) is 0 Å². The lowest BCUT2D eigenvalue weighted by Crippen LogP contribution is -2.43. The predicted octanol–water partition coefficient (Wildman–Crippen LogP) is 6.11. The number of amides is 1. The van der Waals surface area contributed by atoms with Crippen molar-refractivity contribution in [2.75, 3.05) is 5.32 Å². The Hall–Kier alpha value is -4.14. The maximum Gasteiger partial charge on any atom is 0.329 e. The zero-order valence-corrected chi connectivity index (χ0v) is 21.2. The van der Waals surface area contributed by atoms with Crippen molar-refractivity contribution in [3.05, 3.63) is 112 Å². The summed E-state index contributed by atoms with van der Waals surface area (Å²) >= 11 is 7.37. The number of anilines is 2. The number of halogens is 1. The highest BCUT2D eigenvalue weighted by Crippen LogP contribution is 2.22. The molecule has 0 aliphatic rings. The summed E-state index contributed by atoms with van der Waals surface area (Å²) in [5, 5.41) is 10.1. The smallest absolute Gasteiger partial charge is 0.329 e. The molecule has 7 nitrogen and oxygen atoms in total. The number of carbonyl (C=O) groups excluding carboxylic acids is 2. The van der Waals surface area contributed by atoms with Crippen molar-refractivity contribution in [2.24, 2.45) is 0 Å². The minimum atomic E-state index is -0.900. The third kappa shape index (κ3) is 6.17. The predicted molar refractivity (Wildman–Crippen MR) is 146 cm³/mol. The minimum Gasteiger partial charge on any atom is -0.458 e. The molecule has 0 saturated heterocycles. The van der Waals surface area contributed by atoms with Gasteiger partial charge in [0.05, 0.1) is 5.69 Å². The number of thiazole rings is 1. The standard InChI is InChI=1S/C28H23ClN4O3S/c29-20-12-10-18(11-13-20)26(34)33-25(14-19-15-30-24-9-5-4-8-23(19)24)27(35)36-16-22-17-37-28(32-22)31-21-6-2-1-3-7-21/h1-13,15,17,25,30H,14,16H2,(H,31,32)(H,33,34). The van der Waals surface area contributed by atoms with E-state index in [9.17, 15) is 9.59 Å². The Labute approximate surface area is 222 Å². The van der Waals surface area contributed by atoms with Crippen LogP contribution in [-0.4, -0.2) is 27.9 Å². The summed E-state index contributed by atoms with van der Waals surface area (Å²) in [4.78, 5) is 33.8. The van der Waals surface area contributed by atoms with Crippen molar-refractivity contribution in [1.29, 1.82) is 0 Å². The van der Waals surface area contributed by atoms with Gasteiger partial charge in [-0.3, -0.25) is 4.79 Å². The summed E-state index contributed by atoms with van der Waals surface area (Å²) in [5.74, 6) is -0.931. The fourth-order valence-corrected chi connectivity index (χ4v) is 4.72. The second kappa shape index (κ2) is 11.3. The highest BCUT2D eigenvalue weighted by Gasteiger charge is 2.25. The molecule has 1 atom stereocenters. The van der Waals surface area contributed by atoms with Gasteiger partial charge in [-0.25, -0.2) is 9.78 Å². The Morgan fingerprint density at radius 1 is 1.00 bits per heavy atom. The fourth-order valence-electron chi connectivity index (χ4n) is 3.88. The van der Waals surface area contributed by atoms with Crippen molar-refractivity contribution in [2.45, 2.75) is 19.1 Å². The molecular weight excluding hydrogens is 508 g/mol. The molecule has 3 aromatic carbocycles. The van der Waals surface area contributed by atoms with Gasteiger partial charge in [-0.05, 0) is 48.0 Å². The molecule has 9 heteroatoms. The number of aromatic nitrogens is 2. The Kier molecular flexibility index (Phi) is 7.49. The Morgan fingerprint density at radius 3 is 2.57 bits per heavy atom. The number of aromatic amines is 1. The van der Waals surface area contributed by atoms with Crippen LogP contribution >= 0.6 is 22.9 Å². The van der Waals surface area contributed by atoms with Crippen molar-refractivity contribution >= 4 is 56.5 Å². The van der Waals surface area contributed by atoms with Gasteiger partial charge in [-0.2, -0.15) is 0 Å². The maximum absolute atomic E-state index is 13.2. The lowest BCUT2D eigenvalue weighted by atomic mass is 10.0. The van der Waals surface area contributed by atoms with Gasteiger partial charge < -0.3 is 20.4 Å². The first-order valence-electron chi connectivity index (χ1n) is 11.6. The van der Waals surface area contributed by atoms with E-state index in [2.05, 4.69) is 20.6 Å². The summed E-state index contributed by atoms with van der Waals surface area (Å²) < 4.78 is 5.60. The molecule has 0 fully saturated rings. The van der Waals surface area contributed by atoms with Gasteiger partial charge in [0.15, 0.2) is 5.13 Å². The van der Waals surface area contributed by atoms with Crippen LogP contribution < -0.4 is 10.6 Å². The van der Waals surface area contributed by atoms with Crippen LogP contribution in [0.2, 0.25) is 5.02 Å². The van der Waals surface area contributed by atoms with E-state index in [1.54, 1.807) is 24.3 Å². The van der Waals surface area contributed by atoms with E-state index in [-0.39, 0.29) is 18.9 Å². The monoisotopic (exact) mass is 530 g/mol. The number of ether oxygens (including phenoxy) is 1. The zero-order valence-electron chi connectivity index (χ0n) is 19.6. The molecule has 2 heterocycles. The number of hydrogen-bond donors (Lipinski definition) is 3. The number of H-pyrrole nitrogens is 1. The molecule has 37 heavy (non-hydrogen) atoms. The summed E-state index contributed by atoms with van der Waals surface area (Å²) in [6.45, 7) is -0.00694. The minimum absolute atomic E-state index is 0.00694. The third-order valence-corrected chi connectivity index (χ3v) is 6.79. The van der Waals surface area contributed by atoms with Crippen molar-refractivity contribution in [1.82, 2.24) is 15.3 Å². The molecular formula is C28H23ClN4O3S. The largest absolute Gasteiger partial charge is 0.458 e. The van der Waals surface area contributed by atoms with E-state index in [4.69, 9.17) is 16.3 Å². The molecule has 3 N–H and O–H groups in total. The molecule has 0 radical (unpaired) electrons. The zero-order chi connectivity index (χ0) is 25.6. The van der Waals surface area contributed by atoms with E-state index in [1.807, 2.05) is 66.2 Å². The number of fused-ring (bicyclic) bond motifs is 1. The van der Waals surface area contributed by atoms with E-state index in [1.165, 1.54) is 11.3 Å². The highest BCUT2D eigenvalue weighted by molar-refractivity contribution is 7.13. The van der Waals surface area contributed by atoms with E-state index in [0.29, 0.717) is 21.4 Å². The Bertz CT molecular complexity index is 1520. The maximum atomic E-state index is 13.2. The Balaban J connectivity index is 1.29. The lowest BCUT2D eigenvalue weighted by Gasteiger charge is -2.17. The molecule has 0 bridgehead atoms. The summed E-state index contributed by atoms with van der Waals surface area (Å²) in [6, 6.07) is 23.1. The number of esters is 1. The molecule has 186 valence electrons. The second-order valence-corrected chi connectivity index (χ2v) is 9.63. The molecule has 0 spiro atoms. The van der Waals surface area contributed by atoms with Crippen LogP contribution in [0.5, 0.6) is 0 Å². The lowest BCUT2D eigenvalue weighted by molar-refractivity contribution is -0.147. The van der Waals surface area contributed by atoms with Crippen LogP contribution in [0.15, 0.2) is 90.4 Å². The van der Waals surface area contributed by atoms with Gasteiger partial charge >= 0.3 is 5.97 Å². The first-order chi connectivity index (χ1) is 18.0. The Morgan fingerprint density at radius 2 is 1.76 bits per heavy atom. The second-order valence-electron chi connectivity index (χ2n) is 8.34. The number of rotatable bonds is 9. The van der Waals surface area contributed by atoms with Crippen LogP contribution in [0.4, 0.5) is 10.8 Å². The number of para-hydroxylation sites is 2. The molecule has 5 rings (SSSR count). The summed E-state index contributed by atoms with van der Waals surface area (Å²) in [5.41, 5.74) is 3.79. The number of carbonyl (C=O) groups is 2. The topological polar surface area (TPSA) is 96.1 Å². The van der Waals surface area contributed by atoms with Crippen LogP contribution in [0, 0.1) is 0 Å². The first-order valence-corrected chi connectivity index (χ1v) is 12.9. The number of hydrogen-bond acceptors (Lipinski definition) is 6.